The number of carbonyl (C=O) groups is 1. The number of carbonyl (C=O) groups excluding carboxylic acids is 1. The molecule has 0 spiro atoms. The first-order valence-corrected chi connectivity index (χ1v) is 8.77. The summed E-state index contributed by atoms with van der Waals surface area (Å²) in [5.41, 5.74) is 7.93. The van der Waals surface area contributed by atoms with Crippen LogP contribution in [0.1, 0.15) is 21.7 Å². The van der Waals surface area contributed by atoms with Crippen molar-refractivity contribution < 1.29 is 4.79 Å². The monoisotopic (exact) mass is 306 g/mol. The van der Waals surface area contributed by atoms with E-state index in [2.05, 4.69) is 18.3 Å². The molecule has 1 aliphatic heterocycles. The highest BCUT2D eigenvalue weighted by molar-refractivity contribution is 7.99. The molecule has 0 aliphatic carbocycles. The lowest BCUT2D eigenvalue weighted by Gasteiger charge is -2.09. The zero-order valence-electron chi connectivity index (χ0n) is 11.4. The highest BCUT2D eigenvalue weighted by atomic mass is 32.2. The minimum Gasteiger partial charge on any atom is -0.397 e. The van der Waals surface area contributed by atoms with Crippen LogP contribution in [0.3, 0.4) is 0 Å². The number of nitrogens with one attached hydrogen (secondary N) is 1. The van der Waals surface area contributed by atoms with Gasteiger partial charge in [-0.05, 0) is 36.3 Å². The summed E-state index contributed by atoms with van der Waals surface area (Å²) in [6.07, 6.45) is 1.20. The van der Waals surface area contributed by atoms with E-state index >= 15 is 0 Å². The molecule has 0 saturated carbocycles. The Morgan fingerprint density at radius 2 is 2.35 bits per heavy atom. The average molecular weight is 306 g/mol. The fourth-order valence-electron chi connectivity index (χ4n) is 2.51. The van der Waals surface area contributed by atoms with E-state index in [1.165, 1.54) is 29.1 Å². The van der Waals surface area contributed by atoms with Crippen LogP contribution in [0.2, 0.25) is 0 Å². The van der Waals surface area contributed by atoms with Gasteiger partial charge in [-0.3, -0.25) is 4.79 Å². The van der Waals surface area contributed by atoms with Crippen molar-refractivity contribution in [2.24, 2.45) is 5.92 Å². The molecule has 1 amide bonds. The van der Waals surface area contributed by atoms with Crippen molar-refractivity contribution >= 4 is 44.8 Å². The van der Waals surface area contributed by atoms with Gasteiger partial charge in [0.05, 0.1) is 5.69 Å². The van der Waals surface area contributed by atoms with E-state index in [0.717, 1.165) is 22.4 Å². The third kappa shape index (κ3) is 2.52. The third-order valence-corrected chi connectivity index (χ3v) is 6.32. The number of aryl methyl sites for hydroxylation is 1. The molecular weight excluding hydrogens is 288 g/mol. The SMILES string of the molecule is Cc1cccc2c(N)c(C(=O)NCC3CCSC3)sc12. The summed E-state index contributed by atoms with van der Waals surface area (Å²) in [7, 11) is 0. The zero-order valence-corrected chi connectivity index (χ0v) is 13.1. The van der Waals surface area contributed by atoms with E-state index in [1.807, 2.05) is 23.9 Å². The summed E-state index contributed by atoms with van der Waals surface area (Å²) in [5.74, 6) is 2.95. The van der Waals surface area contributed by atoms with Crippen molar-refractivity contribution in [3.8, 4) is 0 Å². The first kappa shape index (κ1) is 13.8. The number of hydrogen-bond donors (Lipinski definition) is 2. The Hall–Kier alpha value is -1.20. The standard InChI is InChI=1S/C15H18N2OS2/c1-9-3-2-4-11-12(16)14(20-13(9)11)15(18)17-7-10-5-6-19-8-10/h2-4,10H,5-8,16H2,1H3,(H,17,18). The maximum Gasteiger partial charge on any atom is 0.263 e. The van der Waals surface area contributed by atoms with Crippen molar-refractivity contribution in [3.05, 3.63) is 28.6 Å². The van der Waals surface area contributed by atoms with Crippen molar-refractivity contribution in [1.29, 1.82) is 0 Å². The summed E-state index contributed by atoms with van der Waals surface area (Å²) in [6, 6.07) is 6.02. The Kier molecular flexibility index (Phi) is 3.89. The Morgan fingerprint density at radius 1 is 1.50 bits per heavy atom. The zero-order chi connectivity index (χ0) is 14.1. The molecule has 3 N–H and O–H groups in total. The van der Waals surface area contributed by atoms with E-state index in [-0.39, 0.29) is 5.91 Å². The van der Waals surface area contributed by atoms with Crippen molar-refractivity contribution in [2.75, 3.05) is 23.8 Å². The second-order valence-corrected chi connectivity index (χ2v) is 7.41. The van der Waals surface area contributed by atoms with Crippen LogP contribution >= 0.6 is 23.1 Å². The number of fused-ring (bicyclic) bond motifs is 1. The number of thiophene rings is 1. The van der Waals surface area contributed by atoms with E-state index in [4.69, 9.17) is 5.73 Å². The Bertz CT molecular complexity index is 645. The number of rotatable bonds is 3. The minimum absolute atomic E-state index is 0.0278. The van der Waals surface area contributed by atoms with Crippen LogP contribution in [0.5, 0.6) is 0 Å². The van der Waals surface area contributed by atoms with Gasteiger partial charge in [-0.25, -0.2) is 0 Å². The molecule has 3 nitrogen and oxygen atoms in total. The highest BCUT2D eigenvalue weighted by Gasteiger charge is 2.20. The fourth-order valence-corrected chi connectivity index (χ4v) is 4.90. The molecule has 1 aliphatic rings. The molecule has 1 saturated heterocycles. The summed E-state index contributed by atoms with van der Waals surface area (Å²) in [5, 5.41) is 4.04. The topological polar surface area (TPSA) is 55.1 Å². The Morgan fingerprint density at radius 3 is 3.05 bits per heavy atom. The first-order valence-electron chi connectivity index (χ1n) is 6.80. The lowest BCUT2D eigenvalue weighted by atomic mass is 10.1. The summed E-state index contributed by atoms with van der Waals surface area (Å²) in [6.45, 7) is 2.81. The number of anilines is 1. The third-order valence-electron chi connectivity index (χ3n) is 3.73. The smallest absolute Gasteiger partial charge is 0.263 e. The number of nitrogens with two attached hydrogens (primary N) is 1. The second kappa shape index (κ2) is 5.66. The fraction of sp³-hybridized carbons (Fsp3) is 0.400. The molecule has 1 aromatic carbocycles. The first-order chi connectivity index (χ1) is 9.66. The number of amides is 1. The maximum atomic E-state index is 12.3. The van der Waals surface area contributed by atoms with Crippen LogP contribution in [0.15, 0.2) is 18.2 Å². The lowest BCUT2D eigenvalue weighted by Crippen LogP contribution is -2.29. The van der Waals surface area contributed by atoms with E-state index in [0.29, 0.717) is 16.5 Å². The molecule has 1 aromatic heterocycles. The predicted molar refractivity (Wildman–Crippen MR) is 88.7 cm³/mol. The quantitative estimate of drug-likeness (QED) is 0.915. The second-order valence-electron chi connectivity index (χ2n) is 5.24. The predicted octanol–water partition coefficient (Wildman–Crippen LogP) is 3.27. The van der Waals surface area contributed by atoms with Gasteiger partial charge in [0.25, 0.3) is 5.91 Å². The average Bonchev–Trinajstić information content (AvgIpc) is 3.06. The van der Waals surface area contributed by atoms with Gasteiger partial charge in [-0.2, -0.15) is 11.8 Å². The van der Waals surface area contributed by atoms with Crippen LogP contribution in [0, 0.1) is 12.8 Å². The Balaban J connectivity index is 1.80. The lowest BCUT2D eigenvalue weighted by molar-refractivity contribution is 0.0953. The van der Waals surface area contributed by atoms with Gasteiger partial charge >= 0.3 is 0 Å². The van der Waals surface area contributed by atoms with Gasteiger partial charge < -0.3 is 11.1 Å². The molecule has 1 unspecified atom stereocenters. The van der Waals surface area contributed by atoms with Gasteiger partial charge in [0, 0.05) is 16.6 Å². The van der Waals surface area contributed by atoms with E-state index in [9.17, 15) is 4.79 Å². The summed E-state index contributed by atoms with van der Waals surface area (Å²) >= 11 is 3.46. The summed E-state index contributed by atoms with van der Waals surface area (Å²) < 4.78 is 1.12. The molecule has 1 atom stereocenters. The molecule has 20 heavy (non-hydrogen) atoms. The van der Waals surface area contributed by atoms with Crippen LogP contribution in [0.4, 0.5) is 5.69 Å². The van der Waals surface area contributed by atoms with E-state index in [1.54, 1.807) is 0 Å². The van der Waals surface area contributed by atoms with Crippen LogP contribution in [-0.4, -0.2) is 24.0 Å². The molecular formula is C15H18N2OS2. The largest absolute Gasteiger partial charge is 0.397 e. The number of benzene rings is 1. The van der Waals surface area contributed by atoms with Crippen LogP contribution < -0.4 is 11.1 Å². The molecule has 3 rings (SSSR count). The van der Waals surface area contributed by atoms with Crippen molar-refractivity contribution in [3.63, 3.8) is 0 Å². The van der Waals surface area contributed by atoms with Gasteiger partial charge in [-0.15, -0.1) is 11.3 Å². The molecule has 0 bridgehead atoms. The van der Waals surface area contributed by atoms with E-state index < -0.39 is 0 Å². The van der Waals surface area contributed by atoms with Gasteiger partial charge in [0.2, 0.25) is 0 Å². The molecule has 0 radical (unpaired) electrons. The maximum absolute atomic E-state index is 12.3. The highest BCUT2D eigenvalue weighted by Crippen LogP contribution is 2.35. The van der Waals surface area contributed by atoms with Crippen molar-refractivity contribution in [2.45, 2.75) is 13.3 Å². The summed E-state index contributed by atoms with van der Waals surface area (Å²) in [4.78, 5) is 13.0. The van der Waals surface area contributed by atoms with Gasteiger partial charge in [-0.1, -0.05) is 18.2 Å². The number of nitrogen functional groups attached to an aromatic ring is 1. The molecule has 5 heteroatoms. The normalized spacial score (nSPS) is 18.6. The molecule has 106 valence electrons. The van der Waals surface area contributed by atoms with Crippen LogP contribution in [-0.2, 0) is 0 Å². The van der Waals surface area contributed by atoms with Gasteiger partial charge in [0.1, 0.15) is 4.88 Å². The molecule has 1 fully saturated rings. The number of hydrogen-bond acceptors (Lipinski definition) is 4. The number of thioether (sulfide) groups is 1. The molecule has 2 aromatic rings. The minimum atomic E-state index is -0.0278. The van der Waals surface area contributed by atoms with Crippen LogP contribution in [0.25, 0.3) is 10.1 Å². The Labute approximate surface area is 126 Å². The van der Waals surface area contributed by atoms with Gasteiger partial charge in [0.15, 0.2) is 0 Å². The van der Waals surface area contributed by atoms with Crippen molar-refractivity contribution in [1.82, 2.24) is 5.32 Å². The molecule has 2 heterocycles.